The maximum absolute atomic E-state index is 12.4. The lowest BCUT2D eigenvalue weighted by Crippen LogP contribution is -2.58. The molecule has 102 valence electrons. The standard InChI is InChI=1S/C14H21BrO3/c1-3-10(16)13-6-4-8-14(11(13)15,9-5-7-13)12(17)18-2/h11H,3-9H2,1-2H3. The van der Waals surface area contributed by atoms with E-state index in [0.29, 0.717) is 12.2 Å². The third kappa shape index (κ3) is 1.75. The Hall–Kier alpha value is -0.380. The van der Waals surface area contributed by atoms with Crippen LogP contribution in [0.15, 0.2) is 0 Å². The van der Waals surface area contributed by atoms with Crippen molar-refractivity contribution >= 4 is 27.7 Å². The van der Waals surface area contributed by atoms with Gasteiger partial charge in [0.15, 0.2) is 0 Å². The minimum Gasteiger partial charge on any atom is -0.469 e. The van der Waals surface area contributed by atoms with Crippen molar-refractivity contribution in [3.63, 3.8) is 0 Å². The van der Waals surface area contributed by atoms with Crippen molar-refractivity contribution in [1.29, 1.82) is 0 Å². The lowest BCUT2D eigenvalue weighted by atomic mass is 9.53. The van der Waals surface area contributed by atoms with E-state index in [0.717, 1.165) is 38.5 Å². The average Bonchev–Trinajstić information content (AvgIpc) is 2.37. The highest BCUT2D eigenvalue weighted by Gasteiger charge is 2.61. The zero-order valence-electron chi connectivity index (χ0n) is 11.1. The number of hydrogen-bond donors (Lipinski definition) is 0. The van der Waals surface area contributed by atoms with Crippen molar-refractivity contribution in [3.8, 4) is 0 Å². The molecule has 1 unspecified atom stereocenters. The fourth-order valence-corrected chi connectivity index (χ4v) is 5.37. The van der Waals surface area contributed by atoms with Gasteiger partial charge < -0.3 is 4.74 Å². The Morgan fingerprint density at radius 3 is 2.11 bits per heavy atom. The SMILES string of the molecule is CCC(=O)C12CCCC(C(=O)OC)(CCC1)C2Br. The molecule has 0 spiro atoms. The second-order valence-electron chi connectivity index (χ2n) is 5.65. The van der Waals surface area contributed by atoms with Crippen LogP contribution in [-0.2, 0) is 14.3 Å². The van der Waals surface area contributed by atoms with Crippen LogP contribution in [0, 0.1) is 10.8 Å². The molecule has 0 aromatic carbocycles. The number of alkyl halides is 1. The number of ketones is 1. The van der Waals surface area contributed by atoms with Gasteiger partial charge in [0, 0.05) is 16.7 Å². The number of carbonyl (C=O) groups excluding carboxylic acids is 2. The van der Waals surface area contributed by atoms with Crippen molar-refractivity contribution in [2.24, 2.45) is 10.8 Å². The van der Waals surface area contributed by atoms with Crippen LogP contribution in [0.25, 0.3) is 0 Å². The number of ether oxygens (including phenoxy) is 1. The first-order chi connectivity index (χ1) is 8.53. The van der Waals surface area contributed by atoms with Gasteiger partial charge in [-0.1, -0.05) is 35.7 Å². The van der Waals surface area contributed by atoms with Gasteiger partial charge in [-0.2, -0.15) is 0 Å². The Labute approximate surface area is 117 Å². The van der Waals surface area contributed by atoms with Crippen molar-refractivity contribution in [1.82, 2.24) is 0 Å². The Kier molecular flexibility index (Phi) is 3.86. The van der Waals surface area contributed by atoms with E-state index in [1.54, 1.807) is 0 Å². The summed E-state index contributed by atoms with van der Waals surface area (Å²) in [6.07, 6.45) is 5.95. The summed E-state index contributed by atoms with van der Waals surface area (Å²) in [6.45, 7) is 1.92. The predicted octanol–water partition coefficient (Wildman–Crippen LogP) is 3.24. The van der Waals surface area contributed by atoms with Gasteiger partial charge in [0.05, 0.1) is 12.5 Å². The first-order valence-electron chi connectivity index (χ1n) is 6.79. The molecule has 1 atom stereocenters. The van der Waals surface area contributed by atoms with E-state index < -0.39 is 5.41 Å². The van der Waals surface area contributed by atoms with Crippen LogP contribution in [0.4, 0.5) is 0 Å². The molecule has 2 fully saturated rings. The molecule has 2 aliphatic rings. The van der Waals surface area contributed by atoms with Gasteiger partial charge >= 0.3 is 5.97 Å². The average molecular weight is 317 g/mol. The number of carbonyl (C=O) groups is 2. The van der Waals surface area contributed by atoms with E-state index in [1.807, 2.05) is 6.92 Å². The van der Waals surface area contributed by atoms with E-state index in [2.05, 4.69) is 15.9 Å². The predicted molar refractivity (Wildman–Crippen MR) is 72.6 cm³/mol. The summed E-state index contributed by atoms with van der Waals surface area (Å²) in [5.41, 5.74) is -0.810. The zero-order chi connectivity index (χ0) is 13.4. The molecule has 0 aliphatic heterocycles. The van der Waals surface area contributed by atoms with Gasteiger partial charge in [-0.05, 0) is 25.7 Å². The quantitative estimate of drug-likeness (QED) is 0.593. The number of rotatable bonds is 3. The van der Waals surface area contributed by atoms with Crippen LogP contribution >= 0.6 is 15.9 Å². The van der Waals surface area contributed by atoms with Gasteiger partial charge in [-0.25, -0.2) is 0 Å². The summed E-state index contributed by atoms with van der Waals surface area (Å²) in [5.74, 6) is 0.161. The van der Waals surface area contributed by atoms with E-state index in [-0.39, 0.29) is 16.2 Å². The number of esters is 1. The van der Waals surface area contributed by atoms with Crippen LogP contribution in [0.5, 0.6) is 0 Å². The lowest BCUT2D eigenvalue weighted by molar-refractivity contribution is -0.162. The van der Waals surface area contributed by atoms with Gasteiger partial charge in [0.1, 0.15) is 5.78 Å². The highest BCUT2D eigenvalue weighted by molar-refractivity contribution is 9.09. The highest BCUT2D eigenvalue weighted by Crippen LogP contribution is 2.60. The molecule has 2 bridgehead atoms. The minimum absolute atomic E-state index is 0.0556. The van der Waals surface area contributed by atoms with Crippen LogP contribution in [0.3, 0.4) is 0 Å². The van der Waals surface area contributed by atoms with Crippen molar-refractivity contribution < 1.29 is 14.3 Å². The first kappa shape index (κ1) is 14.0. The smallest absolute Gasteiger partial charge is 0.312 e. The number of methoxy groups -OCH3 is 1. The molecule has 18 heavy (non-hydrogen) atoms. The molecule has 0 aromatic heterocycles. The number of halogens is 1. The number of fused-ring (bicyclic) bond motifs is 2. The van der Waals surface area contributed by atoms with E-state index in [4.69, 9.17) is 4.74 Å². The third-order valence-electron chi connectivity index (χ3n) is 4.93. The molecule has 2 aliphatic carbocycles. The largest absolute Gasteiger partial charge is 0.469 e. The van der Waals surface area contributed by atoms with E-state index >= 15 is 0 Å². The molecule has 4 heteroatoms. The molecule has 3 nitrogen and oxygen atoms in total. The molecule has 2 rings (SSSR count). The molecule has 0 heterocycles. The maximum Gasteiger partial charge on any atom is 0.312 e. The molecular formula is C14H21BrO3. The minimum atomic E-state index is -0.476. The Bertz CT molecular complexity index is 322. The summed E-state index contributed by atoms with van der Waals surface area (Å²) < 4.78 is 5.01. The highest BCUT2D eigenvalue weighted by atomic mass is 79.9. The molecule has 0 amide bonds. The monoisotopic (exact) mass is 316 g/mol. The van der Waals surface area contributed by atoms with Gasteiger partial charge in [0.25, 0.3) is 0 Å². The summed E-state index contributed by atoms with van der Waals surface area (Å²) in [4.78, 5) is 24.5. The molecule has 0 radical (unpaired) electrons. The van der Waals surface area contributed by atoms with Crippen molar-refractivity contribution in [3.05, 3.63) is 0 Å². The maximum atomic E-state index is 12.4. The summed E-state index contributed by atoms with van der Waals surface area (Å²) >= 11 is 3.71. The first-order valence-corrected chi connectivity index (χ1v) is 7.71. The van der Waals surface area contributed by atoms with Gasteiger partial charge in [0.2, 0.25) is 0 Å². The Balaban J connectivity index is 2.40. The van der Waals surface area contributed by atoms with Crippen LogP contribution in [0.2, 0.25) is 0 Å². The molecule has 2 saturated carbocycles. The van der Waals surface area contributed by atoms with Crippen molar-refractivity contribution in [2.45, 2.75) is 56.7 Å². The number of Topliss-reactive ketones (excluding diaryl/α,β-unsaturated/α-hetero) is 1. The lowest BCUT2D eigenvalue weighted by Gasteiger charge is -2.54. The fraction of sp³-hybridized carbons (Fsp3) is 0.857. The summed E-state index contributed by atoms with van der Waals surface area (Å²) in [5, 5.41) is 0. The zero-order valence-corrected chi connectivity index (χ0v) is 12.7. The van der Waals surface area contributed by atoms with Crippen LogP contribution in [0.1, 0.15) is 51.9 Å². The molecular weight excluding hydrogens is 296 g/mol. The Morgan fingerprint density at radius 1 is 1.17 bits per heavy atom. The third-order valence-corrected chi connectivity index (χ3v) is 6.68. The molecule has 0 saturated heterocycles. The fourth-order valence-electron chi connectivity index (χ4n) is 4.01. The van der Waals surface area contributed by atoms with Crippen LogP contribution in [-0.4, -0.2) is 23.7 Å². The van der Waals surface area contributed by atoms with E-state index in [9.17, 15) is 9.59 Å². The number of hydrogen-bond acceptors (Lipinski definition) is 3. The molecule has 0 N–H and O–H groups in total. The molecule has 0 aromatic rings. The van der Waals surface area contributed by atoms with Crippen LogP contribution < -0.4 is 0 Å². The van der Waals surface area contributed by atoms with Crippen molar-refractivity contribution in [2.75, 3.05) is 7.11 Å². The second kappa shape index (κ2) is 4.95. The van der Waals surface area contributed by atoms with E-state index in [1.165, 1.54) is 7.11 Å². The topological polar surface area (TPSA) is 43.4 Å². The summed E-state index contributed by atoms with van der Waals surface area (Å²) in [7, 11) is 1.45. The van der Waals surface area contributed by atoms with Gasteiger partial charge in [-0.3, -0.25) is 9.59 Å². The summed E-state index contributed by atoms with van der Waals surface area (Å²) in [6, 6.07) is 0. The second-order valence-corrected chi connectivity index (χ2v) is 6.57. The van der Waals surface area contributed by atoms with Gasteiger partial charge in [-0.15, -0.1) is 0 Å². The Morgan fingerprint density at radius 2 is 1.67 bits per heavy atom. The normalized spacial score (nSPS) is 39.2.